The first-order valence-corrected chi connectivity index (χ1v) is 27.5. The van der Waals surface area contributed by atoms with Crippen LogP contribution < -0.4 is 5.32 Å². The fraction of sp³-hybridized carbons (Fsp3) is 0.941. The predicted octanol–water partition coefficient (Wildman–Crippen LogP) is 15.1. The number of amides is 1. The molecule has 0 saturated heterocycles. The summed E-state index contributed by atoms with van der Waals surface area (Å²) in [7, 11) is 1.62. The Morgan fingerprint density at radius 1 is 0.550 bits per heavy atom. The van der Waals surface area contributed by atoms with Crippen molar-refractivity contribution >= 4 is 13.7 Å². The number of aliphatic hydroxyl groups excluding tert-OH is 1. The maximum Gasteiger partial charge on any atom is 0.472 e. The zero-order valence-electron chi connectivity index (χ0n) is 40.7. The van der Waals surface area contributed by atoms with E-state index in [1.54, 1.807) is 0 Å². The van der Waals surface area contributed by atoms with Crippen LogP contribution in [0.4, 0.5) is 0 Å². The highest BCUT2D eigenvalue weighted by Crippen LogP contribution is 2.43. The van der Waals surface area contributed by atoms with E-state index in [9.17, 15) is 19.4 Å². The van der Waals surface area contributed by atoms with Gasteiger partial charge >= 0.3 is 7.82 Å². The van der Waals surface area contributed by atoms with Gasteiger partial charge in [-0.25, -0.2) is 4.57 Å². The van der Waals surface area contributed by atoms with Crippen LogP contribution in [0.1, 0.15) is 258 Å². The summed E-state index contributed by atoms with van der Waals surface area (Å²) in [5.41, 5.74) is 0. The van der Waals surface area contributed by atoms with Gasteiger partial charge in [0.05, 0.1) is 39.9 Å². The Kier molecular flexibility index (Phi) is 42.9. The molecule has 0 bridgehead atoms. The minimum atomic E-state index is -4.32. The first kappa shape index (κ1) is 59.2. The molecule has 9 heteroatoms. The van der Waals surface area contributed by atoms with Crippen molar-refractivity contribution in [2.75, 3.05) is 40.9 Å². The summed E-state index contributed by atoms with van der Waals surface area (Å²) in [5.74, 6) is -0.145. The van der Waals surface area contributed by atoms with Crippen LogP contribution in [0.2, 0.25) is 0 Å². The Morgan fingerprint density at radius 2 is 0.900 bits per heavy atom. The van der Waals surface area contributed by atoms with Crippen molar-refractivity contribution in [3.63, 3.8) is 0 Å². The lowest BCUT2D eigenvalue weighted by molar-refractivity contribution is -0.870. The monoisotopic (exact) mass is 872 g/mol. The molecule has 8 nitrogen and oxygen atoms in total. The molecule has 0 aromatic rings. The molecule has 0 spiro atoms. The van der Waals surface area contributed by atoms with Crippen LogP contribution in [-0.4, -0.2) is 73.4 Å². The molecule has 0 heterocycles. The van der Waals surface area contributed by atoms with Gasteiger partial charge < -0.3 is 19.8 Å². The topological polar surface area (TPSA) is 105 Å². The molecule has 0 aliphatic rings. The Balaban J connectivity index is 4.23. The fourth-order valence-electron chi connectivity index (χ4n) is 7.87. The molecule has 1 amide bonds. The van der Waals surface area contributed by atoms with E-state index >= 15 is 0 Å². The van der Waals surface area contributed by atoms with Crippen LogP contribution in [0.25, 0.3) is 0 Å². The van der Waals surface area contributed by atoms with Gasteiger partial charge in [-0.05, 0) is 38.5 Å². The molecule has 0 radical (unpaired) electrons. The maximum atomic E-state index is 12.9. The van der Waals surface area contributed by atoms with E-state index < -0.39 is 20.0 Å². The summed E-state index contributed by atoms with van der Waals surface area (Å²) in [6.45, 7) is 4.91. The van der Waals surface area contributed by atoms with E-state index in [4.69, 9.17) is 9.05 Å². The smallest absolute Gasteiger partial charge is 0.391 e. The molecule has 0 saturated carbocycles. The summed E-state index contributed by atoms with van der Waals surface area (Å²) in [4.78, 5) is 23.2. The Bertz CT molecular complexity index is 989. The third-order valence-electron chi connectivity index (χ3n) is 12.0. The molecule has 358 valence electrons. The van der Waals surface area contributed by atoms with Gasteiger partial charge in [0.15, 0.2) is 0 Å². The quantitative estimate of drug-likeness (QED) is 0.0243. The van der Waals surface area contributed by atoms with Crippen LogP contribution in [-0.2, 0) is 18.4 Å². The Morgan fingerprint density at radius 3 is 1.28 bits per heavy atom. The largest absolute Gasteiger partial charge is 0.472 e. The van der Waals surface area contributed by atoms with E-state index in [2.05, 4.69) is 31.3 Å². The van der Waals surface area contributed by atoms with Crippen molar-refractivity contribution in [1.29, 1.82) is 0 Å². The molecule has 0 aromatic heterocycles. The lowest BCUT2D eigenvalue weighted by Crippen LogP contribution is -2.46. The predicted molar refractivity (Wildman–Crippen MR) is 259 cm³/mol. The van der Waals surface area contributed by atoms with E-state index in [1.807, 2.05) is 21.1 Å². The minimum Gasteiger partial charge on any atom is -0.391 e. The van der Waals surface area contributed by atoms with Gasteiger partial charge in [0.1, 0.15) is 13.2 Å². The van der Waals surface area contributed by atoms with Gasteiger partial charge in [-0.15, -0.1) is 0 Å². The zero-order valence-corrected chi connectivity index (χ0v) is 41.6. The van der Waals surface area contributed by atoms with Crippen molar-refractivity contribution < 1.29 is 32.9 Å². The lowest BCUT2D eigenvalue weighted by Gasteiger charge is -2.26. The molecule has 3 N–H and O–H groups in total. The number of allylic oxidation sites excluding steroid dienone is 2. The number of rotatable bonds is 48. The van der Waals surface area contributed by atoms with Crippen LogP contribution in [0.3, 0.4) is 0 Å². The molecular weight excluding hydrogens is 768 g/mol. The number of phosphoric acid groups is 1. The molecule has 3 unspecified atom stereocenters. The molecule has 3 atom stereocenters. The highest BCUT2D eigenvalue weighted by molar-refractivity contribution is 7.47. The number of unbranched alkanes of at least 4 members (excludes halogenated alkanes) is 33. The number of nitrogens with one attached hydrogen (secondary N) is 1. The fourth-order valence-corrected chi connectivity index (χ4v) is 8.60. The standard InChI is InChI=1S/C51H103N2O6P/c1-6-8-10-12-14-16-18-20-22-24-25-26-27-29-30-32-34-36-38-40-42-44-50(54)49(48-59-60(56,57)58-47-46-53(3,4)5)52-51(55)45-43-41-39-37-35-33-31-28-23-21-19-17-15-13-11-9-7-2/h21,23,49-50,54H,6-20,22,24-48H2,1-5H3,(H-,52,55,56,57)/p+1/b23-21-. The van der Waals surface area contributed by atoms with E-state index in [0.29, 0.717) is 23.9 Å². The number of hydrogen-bond donors (Lipinski definition) is 3. The highest BCUT2D eigenvalue weighted by atomic mass is 31.2. The molecule has 0 aliphatic heterocycles. The van der Waals surface area contributed by atoms with Crippen molar-refractivity contribution in [2.45, 2.75) is 270 Å². The highest BCUT2D eigenvalue weighted by Gasteiger charge is 2.28. The first-order valence-electron chi connectivity index (χ1n) is 26.1. The third kappa shape index (κ3) is 45.3. The summed E-state index contributed by atoms with van der Waals surface area (Å²) in [5, 5.41) is 14.0. The van der Waals surface area contributed by atoms with Crippen LogP contribution in [0.5, 0.6) is 0 Å². The van der Waals surface area contributed by atoms with Crippen LogP contribution >= 0.6 is 7.82 Å². The first-order chi connectivity index (χ1) is 29.0. The Labute approximate surface area is 373 Å². The van der Waals surface area contributed by atoms with Gasteiger partial charge in [-0.3, -0.25) is 13.8 Å². The number of aliphatic hydroxyl groups is 1. The average Bonchev–Trinajstić information content (AvgIpc) is 3.20. The SMILES string of the molecule is CCCCCCCC/C=C\CCCCCCCCCC(=O)NC(COP(=O)(O)OCC[N+](C)(C)C)C(O)CCCCCCCCCCCCCCCCCCCCCCC. The van der Waals surface area contributed by atoms with Gasteiger partial charge in [-0.1, -0.05) is 225 Å². The van der Waals surface area contributed by atoms with E-state index in [1.165, 1.54) is 193 Å². The van der Waals surface area contributed by atoms with Gasteiger partial charge in [0.25, 0.3) is 0 Å². The van der Waals surface area contributed by atoms with Crippen LogP contribution in [0, 0.1) is 0 Å². The number of nitrogens with zero attached hydrogens (tertiary/aromatic N) is 1. The number of phosphoric ester groups is 1. The van der Waals surface area contributed by atoms with Gasteiger partial charge in [0.2, 0.25) is 5.91 Å². The maximum absolute atomic E-state index is 12.9. The zero-order chi connectivity index (χ0) is 44.3. The number of quaternary nitrogens is 1. The lowest BCUT2D eigenvalue weighted by atomic mass is 10.0. The van der Waals surface area contributed by atoms with Crippen molar-refractivity contribution in [3.05, 3.63) is 12.2 Å². The number of carbonyl (C=O) groups is 1. The van der Waals surface area contributed by atoms with E-state index in [-0.39, 0.29) is 19.1 Å². The number of carbonyl (C=O) groups excluding carboxylic acids is 1. The second-order valence-corrected chi connectivity index (χ2v) is 20.7. The average molecular weight is 872 g/mol. The van der Waals surface area contributed by atoms with Gasteiger partial charge in [0, 0.05) is 6.42 Å². The summed E-state index contributed by atoms with van der Waals surface area (Å²) >= 11 is 0. The van der Waals surface area contributed by atoms with Crippen molar-refractivity contribution in [1.82, 2.24) is 5.32 Å². The number of likely N-dealkylation sites (N-methyl/N-ethyl adjacent to an activating group) is 1. The minimum absolute atomic E-state index is 0.0760. The van der Waals surface area contributed by atoms with E-state index in [0.717, 1.165) is 38.5 Å². The summed E-state index contributed by atoms with van der Waals surface area (Å²) in [6, 6.07) is -0.759. The summed E-state index contributed by atoms with van der Waals surface area (Å²) in [6.07, 6.45) is 51.0. The summed E-state index contributed by atoms with van der Waals surface area (Å²) < 4.78 is 23.7. The van der Waals surface area contributed by atoms with Crippen molar-refractivity contribution in [2.24, 2.45) is 0 Å². The molecule has 0 rings (SSSR count). The molecule has 0 fully saturated rings. The van der Waals surface area contributed by atoms with Gasteiger partial charge in [-0.2, -0.15) is 0 Å². The molecule has 60 heavy (non-hydrogen) atoms. The second kappa shape index (κ2) is 43.5. The number of hydrogen-bond acceptors (Lipinski definition) is 5. The second-order valence-electron chi connectivity index (χ2n) is 19.3. The Hall–Kier alpha value is -0.760. The normalized spacial score (nSPS) is 14.2. The molecular formula is C51H104N2O6P+. The molecule has 0 aliphatic carbocycles. The van der Waals surface area contributed by atoms with Crippen LogP contribution in [0.15, 0.2) is 12.2 Å². The molecule has 0 aromatic carbocycles. The third-order valence-corrected chi connectivity index (χ3v) is 13.0. The van der Waals surface area contributed by atoms with Crippen molar-refractivity contribution in [3.8, 4) is 0 Å².